The minimum Gasteiger partial charge on any atom is -0.411 e. The summed E-state index contributed by atoms with van der Waals surface area (Å²) in [7, 11) is 0. The van der Waals surface area contributed by atoms with E-state index in [1.807, 2.05) is 0 Å². The minimum atomic E-state index is 0. The summed E-state index contributed by atoms with van der Waals surface area (Å²) in [6, 6.07) is 0. The van der Waals surface area contributed by atoms with Crippen LogP contribution in [0.3, 0.4) is 0 Å². The molecule has 0 amide bonds. The molecule has 0 aromatic rings. The maximum absolute atomic E-state index is 8.03. The first-order valence-electron chi connectivity index (χ1n) is 2.10. The molecule has 0 atom stereocenters. The summed E-state index contributed by atoms with van der Waals surface area (Å²) in [6.07, 6.45) is 0. The van der Waals surface area contributed by atoms with E-state index in [4.69, 9.17) is 10.4 Å². The van der Waals surface area contributed by atoms with Gasteiger partial charge >= 0.3 is 0 Å². The van der Waals surface area contributed by atoms with Crippen LogP contribution in [0.5, 0.6) is 0 Å². The summed E-state index contributed by atoms with van der Waals surface area (Å²) in [5, 5.41) is 21.6. The SMILES string of the molecule is CC(=N/O)/C(C)=N\O.[Cu]. The Hall–Kier alpha value is -0.541. The van der Waals surface area contributed by atoms with Crippen molar-refractivity contribution in [3.8, 4) is 0 Å². The Balaban J connectivity index is 0. The van der Waals surface area contributed by atoms with Crippen molar-refractivity contribution in [2.45, 2.75) is 13.8 Å². The van der Waals surface area contributed by atoms with Crippen LogP contribution in [-0.2, 0) is 17.1 Å². The van der Waals surface area contributed by atoms with E-state index in [1.165, 1.54) is 13.8 Å². The molecule has 0 aromatic carbocycles. The maximum Gasteiger partial charge on any atom is 0.101 e. The van der Waals surface area contributed by atoms with Gasteiger partial charge in [0.1, 0.15) is 11.4 Å². The second-order valence-electron chi connectivity index (χ2n) is 1.37. The van der Waals surface area contributed by atoms with Crippen LogP contribution in [0.2, 0.25) is 0 Å². The smallest absolute Gasteiger partial charge is 0.101 e. The van der Waals surface area contributed by atoms with E-state index >= 15 is 0 Å². The van der Waals surface area contributed by atoms with Gasteiger partial charge in [0.2, 0.25) is 0 Å². The van der Waals surface area contributed by atoms with E-state index in [1.54, 1.807) is 0 Å². The molecule has 1 radical (unpaired) electrons. The molecule has 5 heteroatoms. The first-order valence-corrected chi connectivity index (χ1v) is 2.10. The third kappa shape index (κ3) is 4.00. The summed E-state index contributed by atoms with van der Waals surface area (Å²) in [4.78, 5) is 0. The van der Waals surface area contributed by atoms with Crippen molar-refractivity contribution in [1.82, 2.24) is 0 Å². The molecule has 4 nitrogen and oxygen atoms in total. The van der Waals surface area contributed by atoms with Crippen LogP contribution >= 0.6 is 0 Å². The Kier molecular flexibility index (Phi) is 7.01. The van der Waals surface area contributed by atoms with E-state index in [2.05, 4.69) is 10.3 Å². The van der Waals surface area contributed by atoms with E-state index in [0.717, 1.165) is 0 Å². The number of hydrogen-bond donors (Lipinski definition) is 2. The second-order valence-corrected chi connectivity index (χ2v) is 1.37. The zero-order chi connectivity index (χ0) is 6.57. The summed E-state index contributed by atoms with van der Waals surface area (Å²) in [6.45, 7) is 3.07. The van der Waals surface area contributed by atoms with Crippen LogP contribution in [0.4, 0.5) is 0 Å². The first kappa shape index (κ1) is 11.3. The molecule has 0 saturated heterocycles. The van der Waals surface area contributed by atoms with Crippen LogP contribution in [-0.4, -0.2) is 21.8 Å². The van der Waals surface area contributed by atoms with Gasteiger partial charge in [-0.2, -0.15) is 0 Å². The number of oxime groups is 2. The van der Waals surface area contributed by atoms with Gasteiger partial charge in [-0.05, 0) is 13.8 Å². The molecule has 9 heavy (non-hydrogen) atoms. The summed E-state index contributed by atoms with van der Waals surface area (Å²) >= 11 is 0. The van der Waals surface area contributed by atoms with Crippen molar-refractivity contribution in [3.63, 3.8) is 0 Å². The minimum absolute atomic E-state index is 0. The Labute approximate surface area is 63.7 Å². The molecule has 0 aliphatic rings. The van der Waals surface area contributed by atoms with Gasteiger partial charge in [0, 0.05) is 17.1 Å². The van der Waals surface area contributed by atoms with Crippen LogP contribution < -0.4 is 0 Å². The molecule has 0 bridgehead atoms. The fourth-order valence-corrected chi connectivity index (χ4v) is 0.145. The molecule has 0 aliphatic carbocycles. The van der Waals surface area contributed by atoms with Crippen LogP contribution in [0.25, 0.3) is 0 Å². The molecule has 0 saturated carbocycles. The summed E-state index contributed by atoms with van der Waals surface area (Å²) in [5.41, 5.74) is 0.625. The zero-order valence-corrected chi connectivity index (χ0v) is 6.03. The molecular weight excluding hydrogens is 172 g/mol. The van der Waals surface area contributed by atoms with Crippen molar-refractivity contribution in [3.05, 3.63) is 0 Å². The van der Waals surface area contributed by atoms with Crippen molar-refractivity contribution in [1.29, 1.82) is 0 Å². The third-order valence-electron chi connectivity index (χ3n) is 0.824. The Morgan fingerprint density at radius 3 is 1.33 bits per heavy atom. The zero-order valence-electron chi connectivity index (χ0n) is 5.09. The Bertz CT molecular complexity index is 117. The fourth-order valence-electron chi connectivity index (χ4n) is 0.145. The second kappa shape index (κ2) is 5.59. The predicted octanol–water partition coefficient (Wildman–Crippen LogP) is 0.684. The average Bonchev–Trinajstić information content (AvgIpc) is 1.84. The number of nitrogens with zero attached hydrogens (tertiary/aromatic N) is 2. The molecule has 0 heterocycles. The van der Waals surface area contributed by atoms with Crippen LogP contribution in [0.1, 0.15) is 13.8 Å². The molecule has 0 aliphatic heterocycles. The quantitative estimate of drug-likeness (QED) is 0.269. The van der Waals surface area contributed by atoms with Gasteiger partial charge in [-0.15, -0.1) is 0 Å². The van der Waals surface area contributed by atoms with Crippen molar-refractivity contribution >= 4 is 11.4 Å². The predicted molar refractivity (Wildman–Crippen MR) is 29.8 cm³/mol. The van der Waals surface area contributed by atoms with Crippen LogP contribution in [0.15, 0.2) is 10.3 Å². The van der Waals surface area contributed by atoms with Gasteiger partial charge in [0.25, 0.3) is 0 Å². The normalized spacial score (nSPS) is 12.7. The average molecular weight is 180 g/mol. The van der Waals surface area contributed by atoms with Crippen molar-refractivity contribution < 1.29 is 27.5 Å². The molecule has 0 rings (SSSR count). The van der Waals surface area contributed by atoms with Crippen molar-refractivity contribution in [2.24, 2.45) is 10.3 Å². The molecule has 57 valence electrons. The molecule has 0 fully saturated rings. The molecule has 0 aromatic heterocycles. The van der Waals surface area contributed by atoms with Crippen LogP contribution in [0, 0.1) is 0 Å². The molecule has 0 unspecified atom stereocenters. The van der Waals surface area contributed by atoms with Gasteiger partial charge < -0.3 is 10.4 Å². The Morgan fingerprint density at radius 2 is 1.22 bits per heavy atom. The molecule has 0 spiro atoms. The summed E-state index contributed by atoms with van der Waals surface area (Å²) < 4.78 is 0. The van der Waals surface area contributed by atoms with E-state index in [9.17, 15) is 0 Å². The standard InChI is InChI=1S/C4H8N2O2.Cu/c1-3(5-7)4(2)6-8;/h7-8H,1-2H3;/b5-3-,6-4-;. The van der Waals surface area contributed by atoms with E-state index in [0.29, 0.717) is 11.4 Å². The van der Waals surface area contributed by atoms with E-state index < -0.39 is 0 Å². The first-order chi connectivity index (χ1) is 3.72. The largest absolute Gasteiger partial charge is 0.411 e. The molecular formula is C4H8CuN2O2. The van der Waals surface area contributed by atoms with Crippen molar-refractivity contribution in [2.75, 3.05) is 0 Å². The maximum atomic E-state index is 8.03. The third-order valence-corrected chi connectivity index (χ3v) is 0.824. The van der Waals surface area contributed by atoms with Gasteiger partial charge in [-0.3, -0.25) is 0 Å². The fraction of sp³-hybridized carbons (Fsp3) is 0.500. The number of rotatable bonds is 1. The number of hydrogen-bond acceptors (Lipinski definition) is 4. The molecule has 2 N–H and O–H groups in total. The summed E-state index contributed by atoms with van der Waals surface area (Å²) in [5.74, 6) is 0. The monoisotopic (exact) mass is 179 g/mol. The Morgan fingerprint density at radius 1 is 1.00 bits per heavy atom. The van der Waals surface area contributed by atoms with Gasteiger partial charge in [-0.1, -0.05) is 10.3 Å². The van der Waals surface area contributed by atoms with Gasteiger partial charge in [0.15, 0.2) is 0 Å². The van der Waals surface area contributed by atoms with E-state index in [-0.39, 0.29) is 17.1 Å². The topological polar surface area (TPSA) is 65.2 Å². The van der Waals surface area contributed by atoms with Gasteiger partial charge in [-0.25, -0.2) is 0 Å². The van der Waals surface area contributed by atoms with Gasteiger partial charge in [0.05, 0.1) is 0 Å².